The van der Waals surface area contributed by atoms with Crippen LogP contribution in [-0.2, 0) is 0 Å². The molecule has 1 heterocycles. The van der Waals surface area contributed by atoms with Gasteiger partial charge in [0.2, 0.25) is 0 Å². The topological polar surface area (TPSA) is 72.3 Å². The van der Waals surface area contributed by atoms with E-state index in [4.69, 9.17) is 11.5 Å². The second-order valence-electron chi connectivity index (χ2n) is 5.03. The number of carbonyl (C=O) groups is 1. The van der Waals surface area contributed by atoms with Crippen molar-refractivity contribution in [3.8, 4) is 0 Å². The first-order valence-corrected chi connectivity index (χ1v) is 6.52. The largest absolute Gasteiger partial charge is 0.398 e. The maximum atomic E-state index is 11.3. The fourth-order valence-electron chi connectivity index (χ4n) is 2.86. The number of amides is 1. The number of hydrogen-bond acceptors (Lipinski definition) is 3. The lowest BCUT2D eigenvalue weighted by Crippen LogP contribution is -2.34. The first kappa shape index (κ1) is 12.7. The summed E-state index contributed by atoms with van der Waals surface area (Å²) < 4.78 is 0. The Morgan fingerprint density at radius 1 is 1.44 bits per heavy atom. The number of carbonyl (C=O) groups excluding carboxylic acids is 1. The van der Waals surface area contributed by atoms with Crippen LogP contribution < -0.4 is 16.4 Å². The van der Waals surface area contributed by atoms with E-state index in [-0.39, 0.29) is 0 Å². The molecule has 0 aromatic heterocycles. The molecule has 2 unspecified atom stereocenters. The summed E-state index contributed by atoms with van der Waals surface area (Å²) in [6.07, 6.45) is 3.50. The van der Waals surface area contributed by atoms with Crippen molar-refractivity contribution < 1.29 is 4.79 Å². The molecular weight excluding hydrogens is 226 g/mol. The van der Waals surface area contributed by atoms with Crippen LogP contribution in [0.25, 0.3) is 0 Å². The van der Waals surface area contributed by atoms with Gasteiger partial charge in [0.25, 0.3) is 5.91 Å². The van der Waals surface area contributed by atoms with Gasteiger partial charge in [0.1, 0.15) is 0 Å². The van der Waals surface area contributed by atoms with Gasteiger partial charge in [-0.2, -0.15) is 0 Å². The van der Waals surface area contributed by atoms with Crippen molar-refractivity contribution >= 4 is 17.3 Å². The van der Waals surface area contributed by atoms with Gasteiger partial charge in [0.15, 0.2) is 0 Å². The van der Waals surface area contributed by atoms with Gasteiger partial charge in [-0.25, -0.2) is 0 Å². The zero-order chi connectivity index (χ0) is 13.3. The van der Waals surface area contributed by atoms with E-state index >= 15 is 0 Å². The van der Waals surface area contributed by atoms with Gasteiger partial charge in [-0.15, -0.1) is 0 Å². The SMILES string of the molecule is CCC1CCC(C)N1c1ccc(N)c(C(N)=O)c1. The number of nitrogens with zero attached hydrogens (tertiary/aromatic N) is 1. The minimum Gasteiger partial charge on any atom is -0.398 e. The molecule has 0 aliphatic carbocycles. The van der Waals surface area contributed by atoms with E-state index in [0.29, 0.717) is 23.3 Å². The Balaban J connectivity index is 2.38. The lowest BCUT2D eigenvalue weighted by molar-refractivity contribution is 0.100. The Labute approximate surface area is 108 Å². The number of benzene rings is 1. The Morgan fingerprint density at radius 2 is 2.17 bits per heavy atom. The highest BCUT2D eigenvalue weighted by Crippen LogP contribution is 2.33. The molecule has 98 valence electrons. The molecule has 18 heavy (non-hydrogen) atoms. The predicted octanol–water partition coefficient (Wildman–Crippen LogP) is 2.14. The van der Waals surface area contributed by atoms with E-state index in [2.05, 4.69) is 18.7 Å². The summed E-state index contributed by atoms with van der Waals surface area (Å²) in [5.41, 5.74) is 13.0. The van der Waals surface area contributed by atoms with Crippen molar-refractivity contribution in [2.24, 2.45) is 5.73 Å². The first-order chi connectivity index (χ1) is 8.54. The molecule has 1 aliphatic rings. The third-order valence-corrected chi connectivity index (χ3v) is 3.86. The van der Waals surface area contributed by atoms with Crippen molar-refractivity contribution in [1.29, 1.82) is 0 Å². The number of primary amides is 1. The van der Waals surface area contributed by atoms with E-state index in [1.807, 2.05) is 12.1 Å². The molecule has 1 amide bonds. The Kier molecular flexibility index (Phi) is 3.45. The van der Waals surface area contributed by atoms with Gasteiger partial charge in [0.05, 0.1) is 5.56 Å². The van der Waals surface area contributed by atoms with E-state index in [1.165, 1.54) is 12.8 Å². The molecule has 0 spiro atoms. The Hall–Kier alpha value is -1.71. The van der Waals surface area contributed by atoms with Crippen LogP contribution in [0.2, 0.25) is 0 Å². The number of rotatable bonds is 3. The van der Waals surface area contributed by atoms with Crippen LogP contribution >= 0.6 is 0 Å². The molecular formula is C14H21N3O. The van der Waals surface area contributed by atoms with Crippen LogP contribution in [0.3, 0.4) is 0 Å². The van der Waals surface area contributed by atoms with E-state index in [9.17, 15) is 4.79 Å². The monoisotopic (exact) mass is 247 g/mol. The Morgan fingerprint density at radius 3 is 2.78 bits per heavy atom. The average molecular weight is 247 g/mol. The molecule has 1 aromatic carbocycles. The van der Waals surface area contributed by atoms with Gasteiger partial charge in [0, 0.05) is 23.5 Å². The zero-order valence-corrected chi connectivity index (χ0v) is 11.0. The molecule has 1 saturated heterocycles. The van der Waals surface area contributed by atoms with Crippen molar-refractivity contribution in [2.75, 3.05) is 10.6 Å². The van der Waals surface area contributed by atoms with Gasteiger partial charge >= 0.3 is 0 Å². The summed E-state index contributed by atoms with van der Waals surface area (Å²) in [6, 6.07) is 6.62. The summed E-state index contributed by atoms with van der Waals surface area (Å²) in [6.45, 7) is 4.41. The van der Waals surface area contributed by atoms with Crippen molar-refractivity contribution in [2.45, 2.75) is 45.2 Å². The maximum absolute atomic E-state index is 11.3. The second kappa shape index (κ2) is 4.88. The molecule has 4 N–H and O–H groups in total. The lowest BCUT2D eigenvalue weighted by atomic mass is 10.1. The lowest BCUT2D eigenvalue weighted by Gasteiger charge is -2.30. The van der Waals surface area contributed by atoms with E-state index < -0.39 is 5.91 Å². The van der Waals surface area contributed by atoms with Crippen LogP contribution in [-0.4, -0.2) is 18.0 Å². The molecule has 1 aromatic rings. The third kappa shape index (κ3) is 2.15. The summed E-state index contributed by atoms with van der Waals surface area (Å²) in [4.78, 5) is 13.7. The Bertz CT molecular complexity index is 458. The van der Waals surface area contributed by atoms with Crippen LogP contribution in [0.15, 0.2) is 18.2 Å². The molecule has 0 bridgehead atoms. The normalized spacial score (nSPS) is 23.3. The molecule has 1 aliphatic heterocycles. The molecule has 0 radical (unpaired) electrons. The summed E-state index contributed by atoms with van der Waals surface area (Å²) >= 11 is 0. The third-order valence-electron chi connectivity index (χ3n) is 3.86. The summed E-state index contributed by atoms with van der Waals surface area (Å²) in [7, 11) is 0. The van der Waals surface area contributed by atoms with Gasteiger partial charge in [-0.05, 0) is 44.4 Å². The van der Waals surface area contributed by atoms with Crippen LogP contribution in [0.5, 0.6) is 0 Å². The molecule has 4 heteroatoms. The number of hydrogen-bond donors (Lipinski definition) is 2. The number of nitrogens with two attached hydrogens (primary N) is 2. The van der Waals surface area contributed by atoms with Gasteiger partial charge < -0.3 is 16.4 Å². The molecule has 4 nitrogen and oxygen atoms in total. The quantitative estimate of drug-likeness (QED) is 0.804. The zero-order valence-electron chi connectivity index (χ0n) is 11.0. The average Bonchev–Trinajstić information content (AvgIpc) is 2.71. The fourth-order valence-corrected chi connectivity index (χ4v) is 2.86. The summed E-state index contributed by atoms with van der Waals surface area (Å²) in [5.74, 6) is -0.464. The summed E-state index contributed by atoms with van der Waals surface area (Å²) in [5, 5.41) is 0. The van der Waals surface area contributed by atoms with Crippen molar-refractivity contribution in [1.82, 2.24) is 0 Å². The predicted molar refractivity (Wildman–Crippen MR) is 74.6 cm³/mol. The smallest absolute Gasteiger partial charge is 0.250 e. The van der Waals surface area contributed by atoms with Crippen molar-refractivity contribution in [3.63, 3.8) is 0 Å². The second-order valence-corrected chi connectivity index (χ2v) is 5.03. The number of nitrogen functional groups attached to an aromatic ring is 1. The molecule has 2 atom stereocenters. The van der Waals surface area contributed by atoms with Gasteiger partial charge in [-0.1, -0.05) is 6.92 Å². The molecule has 0 saturated carbocycles. The van der Waals surface area contributed by atoms with E-state index in [1.54, 1.807) is 6.07 Å². The van der Waals surface area contributed by atoms with Gasteiger partial charge in [-0.3, -0.25) is 4.79 Å². The van der Waals surface area contributed by atoms with E-state index in [0.717, 1.165) is 12.1 Å². The van der Waals surface area contributed by atoms with Crippen LogP contribution in [0.1, 0.15) is 43.5 Å². The highest BCUT2D eigenvalue weighted by molar-refractivity contribution is 5.99. The minimum absolute atomic E-state index is 0.418. The fraction of sp³-hybridized carbons (Fsp3) is 0.500. The highest BCUT2D eigenvalue weighted by Gasteiger charge is 2.29. The standard InChI is InChI=1S/C14H21N3O/c1-3-10-5-4-9(2)17(10)11-6-7-13(15)12(8-11)14(16)18/h6-10H,3-5,15H2,1-2H3,(H2,16,18). The molecule has 1 fully saturated rings. The highest BCUT2D eigenvalue weighted by atomic mass is 16.1. The van der Waals surface area contributed by atoms with Crippen LogP contribution in [0, 0.1) is 0 Å². The molecule has 2 rings (SSSR count). The number of anilines is 2. The first-order valence-electron chi connectivity index (χ1n) is 6.52. The minimum atomic E-state index is -0.464. The van der Waals surface area contributed by atoms with Crippen LogP contribution in [0.4, 0.5) is 11.4 Å². The maximum Gasteiger partial charge on any atom is 0.250 e. The van der Waals surface area contributed by atoms with Crippen molar-refractivity contribution in [3.05, 3.63) is 23.8 Å².